The first-order chi connectivity index (χ1) is 8.81. The van der Waals surface area contributed by atoms with E-state index in [1.807, 2.05) is 11.4 Å². The summed E-state index contributed by atoms with van der Waals surface area (Å²) in [4.78, 5) is 4.41. The number of thiazole rings is 1. The molecule has 0 saturated heterocycles. The molecule has 0 amide bonds. The van der Waals surface area contributed by atoms with Crippen molar-refractivity contribution in [1.29, 1.82) is 0 Å². The van der Waals surface area contributed by atoms with Crippen molar-refractivity contribution in [3.63, 3.8) is 0 Å². The number of hydrogen-bond acceptors (Lipinski definition) is 4. The molecule has 1 aromatic heterocycles. The molecule has 0 fully saturated rings. The number of nitrogens with zero attached hydrogens (tertiary/aromatic N) is 1. The topological polar surface area (TPSA) is 34.1 Å². The fraction of sp³-hybridized carbons (Fsp3) is 0.308. The molecule has 0 aliphatic carbocycles. The fourth-order valence-corrected chi connectivity index (χ4v) is 2.32. The minimum absolute atomic E-state index is 0.235. The zero-order valence-electron chi connectivity index (χ0n) is 10.1. The third-order valence-corrected chi connectivity index (χ3v) is 3.31. The smallest absolute Gasteiger partial charge is 0.132 e. The van der Waals surface area contributed by atoms with E-state index < -0.39 is 0 Å². The predicted molar refractivity (Wildman–Crippen MR) is 71.1 cm³/mol. The van der Waals surface area contributed by atoms with Gasteiger partial charge in [-0.1, -0.05) is 12.1 Å². The van der Waals surface area contributed by atoms with Gasteiger partial charge in [-0.25, -0.2) is 9.37 Å². The first-order valence-corrected chi connectivity index (χ1v) is 6.58. The van der Waals surface area contributed by atoms with Crippen LogP contribution in [0.5, 0.6) is 0 Å². The molecule has 96 valence electrons. The van der Waals surface area contributed by atoms with Crippen molar-refractivity contribution in [3.8, 4) is 11.3 Å². The molecule has 18 heavy (non-hydrogen) atoms. The second kappa shape index (κ2) is 6.58. The van der Waals surface area contributed by atoms with Crippen LogP contribution in [-0.2, 0) is 11.3 Å². The van der Waals surface area contributed by atoms with E-state index in [0.29, 0.717) is 24.4 Å². The maximum atomic E-state index is 13.6. The normalized spacial score (nSPS) is 10.8. The van der Waals surface area contributed by atoms with Crippen LogP contribution in [0.1, 0.15) is 5.01 Å². The van der Waals surface area contributed by atoms with Crippen molar-refractivity contribution in [2.75, 3.05) is 20.3 Å². The summed E-state index contributed by atoms with van der Waals surface area (Å²) in [6.07, 6.45) is 0. The Morgan fingerprint density at radius 2 is 2.22 bits per heavy atom. The Morgan fingerprint density at radius 1 is 1.39 bits per heavy atom. The van der Waals surface area contributed by atoms with Crippen LogP contribution < -0.4 is 5.32 Å². The number of ether oxygens (including phenoxy) is 1. The largest absolute Gasteiger partial charge is 0.383 e. The average Bonchev–Trinajstić information content (AvgIpc) is 2.84. The summed E-state index contributed by atoms with van der Waals surface area (Å²) in [7, 11) is 1.67. The molecule has 5 heteroatoms. The number of benzene rings is 1. The van der Waals surface area contributed by atoms with Crippen molar-refractivity contribution < 1.29 is 9.13 Å². The van der Waals surface area contributed by atoms with Gasteiger partial charge in [0.25, 0.3) is 0 Å². The summed E-state index contributed by atoms with van der Waals surface area (Å²) < 4.78 is 18.5. The van der Waals surface area contributed by atoms with Gasteiger partial charge in [0.1, 0.15) is 10.8 Å². The van der Waals surface area contributed by atoms with Gasteiger partial charge in [0.15, 0.2) is 0 Å². The first kappa shape index (κ1) is 13.1. The molecular formula is C13H15FN2OS. The number of hydrogen-bond donors (Lipinski definition) is 1. The van der Waals surface area contributed by atoms with E-state index in [0.717, 1.165) is 11.6 Å². The van der Waals surface area contributed by atoms with E-state index in [1.54, 1.807) is 19.2 Å². The third-order valence-electron chi connectivity index (χ3n) is 2.46. The Labute approximate surface area is 110 Å². The summed E-state index contributed by atoms with van der Waals surface area (Å²) in [5.74, 6) is -0.235. The van der Waals surface area contributed by atoms with Crippen molar-refractivity contribution in [1.82, 2.24) is 10.3 Å². The van der Waals surface area contributed by atoms with Crippen molar-refractivity contribution in [2.24, 2.45) is 0 Å². The van der Waals surface area contributed by atoms with Crippen molar-refractivity contribution >= 4 is 11.3 Å². The Hall–Kier alpha value is -1.30. The van der Waals surface area contributed by atoms with Crippen LogP contribution in [0.4, 0.5) is 4.39 Å². The zero-order chi connectivity index (χ0) is 12.8. The van der Waals surface area contributed by atoms with Crippen LogP contribution in [0, 0.1) is 5.82 Å². The molecule has 0 atom stereocenters. The van der Waals surface area contributed by atoms with Gasteiger partial charge in [0.05, 0.1) is 12.3 Å². The van der Waals surface area contributed by atoms with E-state index >= 15 is 0 Å². The van der Waals surface area contributed by atoms with Gasteiger partial charge in [-0.2, -0.15) is 0 Å². The van der Waals surface area contributed by atoms with Crippen LogP contribution in [0.3, 0.4) is 0 Å². The molecule has 0 aliphatic rings. The maximum Gasteiger partial charge on any atom is 0.132 e. The lowest BCUT2D eigenvalue weighted by Gasteiger charge is -2.00. The number of nitrogens with one attached hydrogen (secondary N) is 1. The van der Waals surface area contributed by atoms with E-state index in [2.05, 4.69) is 10.3 Å². The standard InChI is InChI=1S/C13H15FN2OS/c1-17-7-6-15-8-13-16-12(9-18-13)10-4-2-3-5-11(10)14/h2-5,9,15H,6-8H2,1H3. The summed E-state index contributed by atoms with van der Waals surface area (Å²) >= 11 is 1.53. The molecule has 2 rings (SSSR count). The highest BCUT2D eigenvalue weighted by atomic mass is 32.1. The second-order valence-electron chi connectivity index (χ2n) is 3.78. The van der Waals surface area contributed by atoms with Crippen LogP contribution >= 0.6 is 11.3 Å². The molecule has 0 saturated carbocycles. The van der Waals surface area contributed by atoms with Gasteiger partial charge >= 0.3 is 0 Å². The molecule has 2 aromatic rings. The molecule has 0 radical (unpaired) electrons. The number of methoxy groups -OCH3 is 1. The van der Waals surface area contributed by atoms with Crippen molar-refractivity contribution in [2.45, 2.75) is 6.54 Å². The third kappa shape index (κ3) is 3.35. The molecule has 0 bridgehead atoms. The zero-order valence-corrected chi connectivity index (χ0v) is 11.0. The van der Waals surface area contributed by atoms with Crippen LogP contribution in [0.25, 0.3) is 11.3 Å². The monoisotopic (exact) mass is 266 g/mol. The van der Waals surface area contributed by atoms with Crippen LogP contribution in [0.15, 0.2) is 29.6 Å². The molecule has 1 heterocycles. The molecular weight excluding hydrogens is 251 g/mol. The van der Waals surface area contributed by atoms with Crippen LogP contribution in [0.2, 0.25) is 0 Å². The fourth-order valence-electron chi connectivity index (χ4n) is 1.55. The Bertz CT molecular complexity index is 501. The highest BCUT2D eigenvalue weighted by Crippen LogP contribution is 2.24. The Kier molecular flexibility index (Phi) is 4.81. The lowest BCUT2D eigenvalue weighted by Crippen LogP contribution is -2.18. The van der Waals surface area contributed by atoms with Gasteiger partial charge < -0.3 is 10.1 Å². The minimum Gasteiger partial charge on any atom is -0.383 e. The Morgan fingerprint density at radius 3 is 3.00 bits per heavy atom. The quantitative estimate of drug-likeness (QED) is 0.816. The van der Waals surface area contributed by atoms with Gasteiger partial charge in [-0.05, 0) is 12.1 Å². The van der Waals surface area contributed by atoms with Crippen LogP contribution in [-0.4, -0.2) is 25.2 Å². The first-order valence-electron chi connectivity index (χ1n) is 5.70. The number of aromatic nitrogens is 1. The predicted octanol–water partition coefficient (Wildman–Crippen LogP) is 2.69. The lowest BCUT2D eigenvalue weighted by molar-refractivity contribution is 0.199. The summed E-state index contributed by atoms with van der Waals surface area (Å²) in [6.45, 7) is 2.14. The molecule has 0 unspecified atom stereocenters. The Balaban J connectivity index is 2.00. The van der Waals surface area contributed by atoms with E-state index in [-0.39, 0.29) is 5.82 Å². The molecule has 0 spiro atoms. The average molecular weight is 266 g/mol. The van der Waals surface area contributed by atoms with E-state index in [9.17, 15) is 4.39 Å². The molecule has 0 aliphatic heterocycles. The lowest BCUT2D eigenvalue weighted by atomic mass is 10.2. The van der Waals surface area contributed by atoms with Gasteiger partial charge in [-0.15, -0.1) is 11.3 Å². The summed E-state index contributed by atoms with van der Waals surface area (Å²) in [5.41, 5.74) is 1.25. The maximum absolute atomic E-state index is 13.6. The van der Waals surface area contributed by atoms with Gasteiger partial charge in [0.2, 0.25) is 0 Å². The summed E-state index contributed by atoms with van der Waals surface area (Å²) in [6, 6.07) is 6.68. The number of rotatable bonds is 6. The summed E-state index contributed by atoms with van der Waals surface area (Å²) in [5, 5.41) is 6.04. The molecule has 1 aromatic carbocycles. The van der Waals surface area contributed by atoms with Crippen molar-refractivity contribution in [3.05, 3.63) is 40.5 Å². The van der Waals surface area contributed by atoms with E-state index in [1.165, 1.54) is 17.4 Å². The SMILES string of the molecule is COCCNCc1nc(-c2ccccc2F)cs1. The number of halogens is 1. The molecule has 1 N–H and O–H groups in total. The molecule has 3 nitrogen and oxygen atoms in total. The minimum atomic E-state index is -0.235. The second-order valence-corrected chi connectivity index (χ2v) is 4.72. The highest BCUT2D eigenvalue weighted by molar-refractivity contribution is 7.09. The van der Waals surface area contributed by atoms with Gasteiger partial charge in [0, 0.05) is 31.1 Å². The highest BCUT2D eigenvalue weighted by Gasteiger charge is 2.08. The van der Waals surface area contributed by atoms with E-state index in [4.69, 9.17) is 4.74 Å². The van der Waals surface area contributed by atoms with Gasteiger partial charge in [-0.3, -0.25) is 0 Å².